The lowest BCUT2D eigenvalue weighted by Crippen LogP contribution is -2.11. The molecule has 4 nitrogen and oxygen atoms in total. The van der Waals surface area contributed by atoms with Gasteiger partial charge in [-0.05, 0) is 29.0 Å². The molecule has 4 rings (SSSR count). The van der Waals surface area contributed by atoms with Crippen LogP contribution in [0.3, 0.4) is 0 Å². The fourth-order valence-electron chi connectivity index (χ4n) is 2.91. The first-order chi connectivity index (χ1) is 11.6. The average Bonchev–Trinajstić information content (AvgIpc) is 3.01. The summed E-state index contributed by atoms with van der Waals surface area (Å²) in [6.07, 6.45) is 2.05. The van der Waals surface area contributed by atoms with E-state index in [1.807, 2.05) is 24.3 Å². The van der Waals surface area contributed by atoms with E-state index in [1.54, 1.807) is 42.5 Å². The fourth-order valence-corrected chi connectivity index (χ4v) is 4.32. The Labute approximate surface area is 139 Å². The zero-order valence-electron chi connectivity index (χ0n) is 12.6. The lowest BCUT2D eigenvalue weighted by molar-refractivity contribution is 0.112. The van der Waals surface area contributed by atoms with Crippen molar-refractivity contribution in [2.75, 3.05) is 0 Å². The van der Waals surface area contributed by atoms with Crippen LogP contribution in [0.1, 0.15) is 10.4 Å². The predicted molar refractivity (Wildman–Crippen MR) is 93.9 cm³/mol. The van der Waals surface area contributed by atoms with Crippen LogP contribution in [-0.4, -0.2) is 18.7 Å². The molecule has 0 fully saturated rings. The SMILES string of the molecule is O=Cc1cn(S(=O)(=O)c2ccc3ccccc3c2)c2ccccc12. The number of hydrogen-bond acceptors (Lipinski definition) is 3. The maximum absolute atomic E-state index is 13.1. The van der Waals surface area contributed by atoms with Gasteiger partial charge in [-0.15, -0.1) is 0 Å². The summed E-state index contributed by atoms with van der Waals surface area (Å²) >= 11 is 0. The molecule has 0 saturated heterocycles. The topological polar surface area (TPSA) is 56.1 Å². The van der Waals surface area contributed by atoms with Gasteiger partial charge in [0.1, 0.15) is 0 Å². The number of nitrogens with zero attached hydrogens (tertiary/aromatic N) is 1. The van der Waals surface area contributed by atoms with Crippen LogP contribution in [0.5, 0.6) is 0 Å². The molecule has 0 atom stereocenters. The molecule has 24 heavy (non-hydrogen) atoms. The second-order valence-electron chi connectivity index (χ2n) is 5.53. The summed E-state index contributed by atoms with van der Waals surface area (Å²) in [5, 5.41) is 2.45. The molecular formula is C19H13NO3S. The Kier molecular flexibility index (Phi) is 3.25. The number of benzene rings is 3. The van der Waals surface area contributed by atoms with Crippen molar-refractivity contribution in [3.63, 3.8) is 0 Å². The standard InChI is InChI=1S/C19H13NO3S/c21-13-16-12-20(19-8-4-3-7-18(16)19)24(22,23)17-10-9-14-5-1-2-6-15(14)11-17/h1-13H. The van der Waals surface area contributed by atoms with Crippen molar-refractivity contribution in [2.24, 2.45) is 0 Å². The first-order valence-electron chi connectivity index (χ1n) is 7.41. The van der Waals surface area contributed by atoms with Crippen molar-refractivity contribution >= 4 is 38.0 Å². The van der Waals surface area contributed by atoms with Crippen molar-refractivity contribution in [3.8, 4) is 0 Å². The second-order valence-corrected chi connectivity index (χ2v) is 7.34. The minimum absolute atomic E-state index is 0.194. The lowest BCUT2D eigenvalue weighted by atomic mass is 10.1. The quantitative estimate of drug-likeness (QED) is 0.535. The van der Waals surface area contributed by atoms with Gasteiger partial charge < -0.3 is 0 Å². The van der Waals surface area contributed by atoms with Crippen LogP contribution in [0.4, 0.5) is 0 Å². The van der Waals surface area contributed by atoms with Crippen LogP contribution < -0.4 is 0 Å². The first kappa shape index (κ1) is 14.7. The summed E-state index contributed by atoms with van der Waals surface area (Å²) in [4.78, 5) is 11.5. The Morgan fingerprint density at radius 3 is 2.33 bits per heavy atom. The molecule has 0 N–H and O–H groups in total. The van der Waals surface area contributed by atoms with Crippen LogP contribution in [0, 0.1) is 0 Å². The van der Waals surface area contributed by atoms with E-state index >= 15 is 0 Å². The number of aromatic nitrogens is 1. The van der Waals surface area contributed by atoms with Crippen molar-refractivity contribution in [1.29, 1.82) is 0 Å². The van der Waals surface area contributed by atoms with Gasteiger partial charge in [0.05, 0.1) is 10.4 Å². The third-order valence-electron chi connectivity index (χ3n) is 4.11. The van der Waals surface area contributed by atoms with Gasteiger partial charge in [0.25, 0.3) is 10.0 Å². The van der Waals surface area contributed by atoms with Gasteiger partial charge in [0.15, 0.2) is 6.29 Å². The molecule has 0 radical (unpaired) electrons. The molecule has 0 aliphatic heterocycles. The van der Waals surface area contributed by atoms with Crippen molar-refractivity contribution in [2.45, 2.75) is 4.90 Å². The lowest BCUT2D eigenvalue weighted by Gasteiger charge is -2.08. The van der Waals surface area contributed by atoms with E-state index in [0.717, 1.165) is 10.8 Å². The molecule has 0 spiro atoms. The summed E-state index contributed by atoms with van der Waals surface area (Å²) in [5.74, 6) is 0. The molecule has 3 aromatic carbocycles. The van der Waals surface area contributed by atoms with Crippen molar-refractivity contribution < 1.29 is 13.2 Å². The maximum atomic E-state index is 13.1. The highest BCUT2D eigenvalue weighted by Gasteiger charge is 2.21. The molecule has 1 aromatic heterocycles. The summed E-state index contributed by atoms with van der Waals surface area (Å²) < 4.78 is 27.3. The van der Waals surface area contributed by atoms with Gasteiger partial charge in [-0.2, -0.15) is 0 Å². The van der Waals surface area contributed by atoms with Gasteiger partial charge in [-0.3, -0.25) is 4.79 Å². The number of rotatable bonds is 3. The highest BCUT2D eigenvalue weighted by Crippen LogP contribution is 2.26. The Balaban J connectivity index is 1.98. The molecule has 0 amide bonds. The third kappa shape index (κ3) is 2.13. The summed E-state index contributed by atoms with van der Waals surface area (Å²) in [6, 6.07) is 19.6. The molecule has 0 saturated carbocycles. The van der Waals surface area contributed by atoms with Crippen LogP contribution in [0.2, 0.25) is 0 Å². The third-order valence-corrected chi connectivity index (χ3v) is 5.78. The Morgan fingerprint density at radius 1 is 0.833 bits per heavy atom. The summed E-state index contributed by atoms with van der Waals surface area (Å²) in [7, 11) is -3.79. The Morgan fingerprint density at radius 2 is 1.54 bits per heavy atom. The van der Waals surface area contributed by atoms with Gasteiger partial charge in [-0.1, -0.05) is 48.5 Å². The van der Waals surface area contributed by atoms with E-state index in [0.29, 0.717) is 22.8 Å². The molecule has 0 aliphatic carbocycles. The van der Waals surface area contributed by atoms with Gasteiger partial charge >= 0.3 is 0 Å². The van der Waals surface area contributed by atoms with Crippen LogP contribution in [0.15, 0.2) is 77.8 Å². The zero-order valence-corrected chi connectivity index (χ0v) is 13.4. The number of para-hydroxylation sites is 1. The van der Waals surface area contributed by atoms with Gasteiger partial charge in [-0.25, -0.2) is 12.4 Å². The number of carbonyl (C=O) groups is 1. The van der Waals surface area contributed by atoms with Crippen molar-refractivity contribution in [3.05, 3.63) is 78.5 Å². The molecule has 118 valence electrons. The van der Waals surface area contributed by atoms with E-state index in [2.05, 4.69) is 0 Å². The second kappa shape index (κ2) is 5.32. The van der Waals surface area contributed by atoms with Gasteiger partial charge in [0, 0.05) is 17.1 Å². The average molecular weight is 335 g/mol. The van der Waals surface area contributed by atoms with Crippen LogP contribution >= 0.6 is 0 Å². The molecule has 0 aliphatic rings. The smallest absolute Gasteiger partial charge is 0.268 e. The molecule has 5 heteroatoms. The maximum Gasteiger partial charge on any atom is 0.268 e. The van der Waals surface area contributed by atoms with Crippen LogP contribution in [0.25, 0.3) is 21.7 Å². The minimum Gasteiger partial charge on any atom is -0.298 e. The molecule has 0 bridgehead atoms. The first-order valence-corrected chi connectivity index (χ1v) is 8.85. The van der Waals surface area contributed by atoms with E-state index in [-0.39, 0.29) is 4.90 Å². The molecule has 1 heterocycles. The van der Waals surface area contributed by atoms with E-state index in [4.69, 9.17) is 0 Å². The number of fused-ring (bicyclic) bond motifs is 2. The van der Waals surface area contributed by atoms with Crippen LogP contribution in [-0.2, 0) is 10.0 Å². The summed E-state index contributed by atoms with van der Waals surface area (Å²) in [5.41, 5.74) is 0.850. The number of carbonyl (C=O) groups excluding carboxylic acids is 1. The molecule has 4 aromatic rings. The predicted octanol–water partition coefficient (Wildman–Crippen LogP) is 3.84. The van der Waals surface area contributed by atoms with Crippen molar-refractivity contribution in [1.82, 2.24) is 3.97 Å². The van der Waals surface area contributed by atoms with E-state index in [1.165, 1.54) is 10.2 Å². The highest BCUT2D eigenvalue weighted by molar-refractivity contribution is 7.90. The van der Waals surface area contributed by atoms with Gasteiger partial charge in [0.2, 0.25) is 0 Å². The Bertz CT molecular complexity index is 1190. The minimum atomic E-state index is -3.79. The number of aldehydes is 1. The number of hydrogen-bond donors (Lipinski definition) is 0. The summed E-state index contributed by atoms with van der Waals surface area (Å²) in [6.45, 7) is 0. The fraction of sp³-hybridized carbons (Fsp3) is 0. The Hall–Kier alpha value is -2.92. The molecular weight excluding hydrogens is 322 g/mol. The van der Waals surface area contributed by atoms with E-state index in [9.17, 15) is 13.2 Å². The van der Waals surface area contributed by atoms with E-state index < -0.39 is 10.0 Å². The largest absolute Gasteiger partial charge is 0.298 e. The normalized spacial score (nSPS) is 11.8. The highest BCUT2D eigenvalue weighted by atomic mass is 32.2. The zero-order chi connectivity index (χ0) is 16.7. The monoisotopic (exact) mass is 335 g/mol. The molecule has 0 unspecified atom stereocenters.